The first kappa shape index (κ1) is 27.8. The Bertz CT molecular complexity index is 1370. The van der Waals surface area contributed by atoms with Crippen LogP contribution in [0.2, 0.25) is 0 Å². The molecule has 9 heteroatoms. The summed E-state index contributed by atoms with van der Waals surface area (Å²) in [6.07, 6.45) is 7.60. The highest BCUT2D eigenvalue weighted by atomic mass is 16.2. The number of amides is 2. The molecule has 2 aliphatic heterocycles. The minimum absolute atomic E-state index is 0.00426. The van der Waals surface area contributed by atoms with Crippen molar-refractivity contribution in [1.29, 1.82) is 5.41 Å². The molecule has 5 rings (SSSR count). The molecule has 1 atom stereocenters. The molecule has 1 aromatic carbocycles. The monoisotopic (exact) mass is 543 g/mol. The van der Waals surface area contributed by atoms with Crippen molar-refractivity contribution in [3.05, 3.63) is 65.3 Å². The van der Waals surface area contributed by atoms with Crippen LogP contribution in [-0.2, 0) is 4.79 Å². The van der Waals surface area contributed by atoms with Crippen molar-refractivity contribution in [3.63, 3.8) is 0 Å². The quantitative estimate of drug-likeness (QED) is 0.394. The molecule has 2 aromatic rings. The summed E-state index contributed by atoms with van der Waals surface area (Å²) in [6.45, 7) is 7.61. The zero-order valence-corrected chi connectivity index (χ0v) is 24.0. The van der Waals surface area contributed by atoms with Crippen LogP contribution in [0.4, 0.5) is 5.69 Å². The van der Waals surface area contributed by atoms with Crippen molar-refractivity contribution in [3.8, 4) is 0 Å². The molecular weight excluding hydrogens is 502 g/mol. The van der Waals surface area contributed by atoms with E-state index in [1.807, 2.05) is 41.1 Å². The molecule has 3 N–H and O–H groups in total. The van der Waals surface area contributed by atoms with Crippen LogP contribution in [0.25, 0.3) is 5.57 Å². The lowest BCUT2D eigenvalue weighted by Gasteiger charge is -2.35. The number of piperidine rings is 1. The zero-order chi connectivity index (χ0) is 28.4. The molecule has 2 amide bonds. The fourth-order valence-electron chi connectivity index (χ4n) is 5.73. The maximum atomic E-state index is 13.0. The number of anilines is 1. The van der Waals surface area contributed by atoms with Gasteiger partial charge in [0.05, 0.1) is 0 Å². The fraction of sp³-hybridized carbons (Fsp3) is 0.484. The van der Waals surface area contributed by atoms with Crippen LogP contribution in [0, 0.1) is 16.7 Å². The Labute approximate surface area is 236 Å². The maximum absolute atomic E-state index is 13.0. The summed E-state index contributed by atoms with van der Waals surface area (Å²) < 4.78 is 0. The molecule has 0 bridgehead atoms. The lowest BCUT2D eigenvalue weighted by Crippen LogP contribution is -2.44. The normalized spacial score (nSPS) is 21.5. The van der Waals surface area contributed by atoms with E-state index in [-0.39, 0.29) is 35.1 Å². The van der Waals surface area contributed by atoms with E-state index in [9.17, 15) is 9.59 Å². The number of likely N-dealkylation sites (tertiary alicyclic amines) is 1. The van der Waals surface area contributed by atoms with Gasteiger partial charge in [0.15, 0.2) is 0 Å². The average molecular weight is 544 g/mol. The van der Waals surface area contributed by atoms with Crippen LogP contribution < -0.4 is 10.8 Å². The van der Waals surface area contributed by atoms with Crippen molar-refractivity contribution in [2.75, 3.05) is 45.6 Å². The molecule has 40 heavy (non-hydrogen) atoms. The third-order valence-corrected chi connectivity index (χ3v) is 8.69. The first-order valence-corrected chi connectivity index (χ1v) is 14.2. The largest absolute Gasteiger partial charge is 0.346 e. The Hall–Kier alpha value is -3.72. The van der Waals surface area contributed by atoms with Gasteiger partial charge in [0.25, 0.3) is 5.91 Å². The summed E-state index contributed by atoms with van der Waals surface area (Å²) in [5.41, 5.74) is 4.12. The number of aromatic nitrogens is 1. The van der Waals surface area contributed by atoms with E-state index in [4.69, 9.17) is 5.41 Å². The molecule has 0 radical (unpaired) electrons. The number of aromatic amines is 1. The number of carbonyl (C=O) groups is 2. The Morgan fingerprint density at radius 3 is 2.45 bits per heavy atom. The fourth-order valence-corrected chi connectivity index (χ4v) is 5.73. The van der Waals surface area contributed by atoms with Crippen molar-refractivity contribution in [1.82, 2.24) is 19.7 Å². The molecule has 1 aliphatic carbocycles. The SMILES string of the molecule is CN1CCC(N(C)C(=O)c2ccc(NC(=N)/N=c3\[nH]cccc3C3=CCN(C(=O)C4CC4(C)C)CC3)cc2)CC1. The summed E-state index contributed by atoms with van der Waals surface area (Å²) in [4.78, 5) is 39.6. The standard InChI is InChI=1S/C31H41N7O2/c1-31(2)20-26(31)29(40)38-18-11-21(12-19-38)25-6-5-15-33-27(25)35-30(32)34-23-9-7-22(8-10-23)28(39)37(4)24-13-16-36(3)17-14-24/h5-11,15,24,26H,12-14,16-20H2,1-4H3,(H3,32,33,34,35). The van der Waals surface area contributed by atoms with E-state index in [2.05, 4.69) is 47.2 Å². The second-order valence-electron chi connectivity index (χ2n) is 12.1. The van der Waals surface area contributed by atoms with Gasteiger partial charge in [-0.15, -0.1) is 0 Å². The van der Waals surface area contributed by atoms with Crippen molar-refractivity contribution in [2.45, 2.75) is 45.6 Å². The lowest BCUT2D eigenvalue weighted by molar-refractivity contribution is -0.132. The van der Waals surface area contributed by atoms with Crippen LogP contribution >= 0.6 is 0 Å². The summed E-state index contributed by atoms with van der Waals surface area (Å²) in [6, 6.07) is 11.4. The summed E-state index contributed by atoms with van der Waals surface area (Å²) >= 11 is 0. The number of nitrogens with one attached hydrogen (secondary N) is 3. The van der Waals surface area contributed by atoms with Gasteiger partial charge in [-0.2, -0.15) is 4.99 Å². The number of rotatable bonds is 5. The number of hydrogen-bond acceptors (Lipinski definition) is 4. The van der Waals surface area contributed by atoms with Crippen molar-refractivity contribution < 1.29 is 9.59 Å². The Morgan fingerprint density at radius 1 is 1.12 bits per heavy atom. The second-order valence-corrected chi connectivity index (χ2v) is 12.1. The van der Waals surface area contributed by atoms with E-state index >= 15 is 0 Å². The van der Waals surface area contributed by atoms with Crippen molar-refractivity contribution in [2.24, 2.45) is 16.3 Å². The minimum Gasteiger partial charge on any atom is -0.346 e. The smallest absolute Gasteiger partial charge is 0.253 e. The first-order valence-electron chi connectivity index (χ1n) is 14.2. The maximum Gasteiger partial charge on any atom is 0.253 e. The Morgan fingerprint density at radius 2 is 1.82 bits per heavy atom. The molecule has 3 aliphatic rings. The average Bonchev–Trinajstić information content (AvgIpc) is 3.60. The molecule has 0 spiro atoms. The number of hydrogen-bond donors (Lipinski definition) is 3. The molecule has 212 valence electrons. The van der Waals surface area contributed by atoms with Crippen LogP contribution in [0.3, 0.4) is 0 Å². The third kappa shape index (κ3) is 6.20. The number of guanidine groups is 1. The van der Waals surface area contributed by atoms with Crippen LogP contribution in [0.1, 0.15) is 55.5 Å². The Balaban J connectivity index is 1.22. The van der Waals surface area contributed by atoms with E-state index < -0.39 is 0 Å². The van der Waals surface area contributed by atoms with Gasteiger partial charge in [-0.25, -0.2) is 0 Å². The molecule has 3 heterocycles. The number of pyridine rings is 1. The van der Waals surface area contributed by atoms with Gasteiger partial charge in [0.1, 0.15) is 5.49 Å². The molecule has 1 aromatic heterocycles. The number of carbonyl (C=O) groups excluding carboxylic acids is 2. The van der Waals surface area contributed by atoms with E-state index in [1.54, 1.807) is 18.3 Å². The van der Waals surface area contributed by atoms with E-state index in [1.165, 1.54) is 0 Å². The van der Waals surface area contributed by atoms with Crippen LogP contribution in [0.15, 0.2) is 53.7 Å². The predicted octanol–water partition coefficient (Wildman–Crippen LogP) is 3.79. The summed E-state index contributed by atoms with van der Waals surface area (Å²) in [5.74, 6) is 0.426. The van der Waals surface area contributed by atoms with Gasteiger partial charge < -0.3 is 25.0 Å². The van der Waals surface area contributed by atoms with Gasteiger partial charge >= 0.3 is 0 Å². The first-order chi connectivity index (χ1) is 19.1. The number of H-pyrrole nitrogens is 1. The van der Waals surface area contributed by atoms with Gasteiger partial charge in [0.2, 0.25) is 11.9 Å². The highest BCUT2D eigenvalue weighted by molar-refractivity contribution is 5.96. The van der Waals surface area contributed by atoms with Crippen molar-refractivity contribution >= 4 is 29.0 Å². The van der Waals surface area contributed by atoms with Gasteiger partial charge in [-0.3, -0.25) is 15.0 Å². The zero-order valence-electron chi connectivity index (χ0n) is 24.0. The molecule has 9 nitrogen and oxygen atoms in total. The minimum atomic E-state index is -0.00426. The third-order valence-electron chi connectivity index (χ3n) is 8.69. The predicted molar refractivity (Wildman–Crippen MR) is 158 cm³/mol. The number of nitrogens with zero attached hydrogens (tertiary/aromatic N) is 4. The molecule has 1 saturated heterocycles. The molecule has 1 saturated carbocycles. The number of benzene rings is 1. The molecule has 2 fully saturated rings. The van der Waals surface area contributed by atoms with E-state index in [0.29, 0.717) is 29.8 Å². The second kappa shape index (κ2) is 11.4. The summed E-state index contributed by atoms with van der Waals surface area (Å²) in [7, 11) is 4.00. The van der Waals surface area contributed by atoms with Crippen LogP contribution in [0.5, 0.6) is 0 Å². The van der Waals surface area contributed by atoms with Gasteiger partial charge in [-0.05, 0) is 93.2 Å². The molecular formula is C31H41N7O2. The topological polar surface area (TPSA) is 108 Å². The highest BCUT2D eigenvalue weighted by Crippen LogP contribution is 2.52. The highest BCUT2D eigenvalue weighted by Gasteiger charge is 2.51. The summed E-state index contributed by atoms with van der Waals surface area (Å²) in [5, 5.41) is 11.5. The molecule has 1 unspecified atom stereocenters. The Kier molecular flexibility index (Phi) is 7.94. The van der Waals surface area contributed by atoms with Crippen LogP contribution in [-0.4, -0.2) is 83.8 Å². The van der Waals surface area contributed by atoms with Gasteiger partial charge in [-0.1, -0.05) is 19.9 Å². The van der Waals surface area contributed by atoms with Gasteiger partial charge in [0, 0.05) is 55.1 Å². The lowest BCUT2D eigenvalue weighted by atomic mass is 10.00. The van der Waals surface area contributed by atoms with E-state index in [0.717, 1.165) is 49.9 Å².